The molecule has 0 fully saturated rings. The molecule has 0 aromatic carbocycles. The van der Waals surface area contributed by atoms with Crippen LogP contribution in [0.3, 0.4) is 0 Å². The van der Waals surface area contributed by atoms with Crippen LogP contribution < -0.4 is 5.32 Å². The van der Waals surface area contributed by atoms with Crippen molar-refractivity contribution in [1.29, 1.82) is 0 Å². The molecule has 0 amide bonds. The number of nitrogens with zero attached hydrogens (tertiary/aromatic N) is 4. The molecular weight excluding hydrogens is 290 g/mol. The van der Waals surface area contributed by atoms with Crippen LogP contribution in [0.25, 0.3) is 0 Å². The van der Waals surface area contributed by atoms with E-state index in [2.05, 4.69) is 20.3 Å². The molecule has 0 spiro atoms. The monoisotopic (exact) mass is 305 g/mol. The molecule has 0 saturated heterocycles. The van der Waals surface area contributed by atoms with Gasteiger partial charge in [0.1, 0.15) is 5.82 Å². The Kier molecular flexibility index (Phi) is 5.04. The van der Waals surface area contributed by atoms with Gasteiger partial charge in [-0.3, -0.25) is 10.1 Å². The van der Waals surface area contributed by atoms with Gasteiger partial charge in [-0.05, 0) is 37.2 Å². The molecule has 0 aliphatic carbocycles. The van der Waals surface area contributed by atoms with E-state index in [1.165, 1.54) is 6.07 Å². The van der Waals surface area contributed by atoms with Gasteiger partial charge in [0.05, 0.1) is 4.92 Å². The van der Waals surface area contributed by atoms with Crippen molar-refractivity contribution in [2.75, 3.05) is 11.9 Å². The summed E-state index contributed by atoms with van der Waals surface area (Å²) in [4.78, 5) is 23.3. The molecule has 2 heterocycles. The highest BCUT2D eigenvalue weighted by Gasteiger charge is 2.18. The fraction of sp³-hybridized carbons (Fsp3) is 0.308. The largest absolute Gasteiger partial charge is 0.370 e. The summed E-state index contributed by atoms with van der Waals surface area (Å²) in [5, 5.41) is 14.9. The maximum Gasteiger partial charge on any atom is 0.301 e. The van der Waals surface area contributed by atoms with Gasteiger partial charge >= 0.3 is 5.69 Å². The lowest BCUT2D eigenvalue weighted by atomic mass is 10.4. The van der Waals surface area contributed by atoms with E-state index in [0.29, 0.717) is 11.0 Å². The lowest BCUT2D eigenvalue weighted by Gasteiger charge is -2.06. The van der Waals surface area contributed by atoms with Gasteiger partial charge in [0.2, 0.25) is 0 Å². The average molecular weight is 305 g/mol. The van der Waals surface area contributed by atoms with Crippen LogP contribution in [0.2, 0.25) is 0 Å². The van der Waals surface area contributed by atoms with Gasteiger partial charge in [-0.15, -0.1) is 0 Å². The van der Waals surface area contributed by atoms with E-state index in [1.807, 2.05) is 13.8 Å². The van der Waals surface area contributed by atoms with Crippen molar-refractivity contribution in [3.63, 3.8) is 0 Å². The van der Waals surface area contributed by atoms with Crippen LogP contribution in [0.15, 0.2) is 34.6 Å². The molecule has 0 bridgehead atoms. The lowest BCUT2D eigenvalue weighted by Crippen LogP contribution is -2.03. The second-order valence-corrected chi connectivity index (χ2v) is 5.24. The highest BCUT2D eigenvalue weighted by Crippen LogP contribution is 2.32. The molecule has 2 aromatic rings. The van der Waals surface area contributed by atoms with Gasteiger partial charge < -0.3 is 5.32 Å². The standard InChI is InChI=1S/C13H15N5O2S/c1-3-7-14-11-5-4-10(18(19)20)12(17-11)21-13-15-8-6-9(2)16-13/h4-6,8H,3,7H2,1-2H3,(H,14,17). The van der Waals surface area contributed by atoms with E-state index in [9.17, 15) is 10.1 Å². The molecule has 0 radical (unpaired) electrons. The summed E-state index contributed by atoms with van der Waals surface area (Å²) < 4.78 is 0. The summed E-state index contributed by atoms with van der Waals surface area (Å²) in [6.07, 6.45) is 2.57. The molecular formula is C13H15N5O2S. The number of aryl methyl sites for hydroxylation is 1. The zero-order chi connectivity index (χ0) is 15.2. The molecule has 8 heteroatoms. The average Bonchev–Trinajstić information content (AvgIpc) is 2.45. The molecule has 7 nitrogen and oxygen atoms in total. The maximum atomic E-state index is 11.1. The Morgan fingerprint density at radius 2 is 2.14 bits per heavy atom. The smallest absolute Gasteiger partial charge is 0.301 e. The first kappa shape index (κ1) is 15.2. The van der Waals surface area contributed by atoms with Crippen molar-refractivity contribution < 1.29 is 4.92 Å². The number of pyridine rings is 1. The predicted molar refractivity (Wildman–Crippen MR) is 80.6 cm³/mol. The van der Waals surface area contributed by atoms with E-state index < -0.39 is 4.92 Å². The normalized spacial score (nSPS) is 10.4. The number of nitrogens with one attached hydrogen (secondary N) is 1. The highest BCUT2D eigenvalue weighted by molar-refractivity contribution is 7.99. The Hall–Kier alpha value is -2.22. The third kappa shape index (κ3) is 4.12. The summed E-state index contributed by atoms with van der Waals surface area (Å²) in [5.74, 6) is 0.609. The van der Waals surface area contributed by atoms with E-state index in [1.54, 1.807) is 18.3 Å². The molecule has 0 aliphatic heterocycles. The van der Waals surface area contributed by atoms with Crippen LogP contribution >= 0.6 is 11.8 Å². The highest BCUT2D eigenvalue weighted by atomic mass is 32.2. The number of rotatable bonds is 6. The Labute approximate surface area is 126 Å². The third-order valence-corrected chi connectivity index (χ3v) is 3.43. The summed E-state index contributed by atoms with van der Waals surface area (Å²) in [6.45, 7) is 4.64. The van der Waals surface area contributed by atoms with Gasteiger partial charge in [0.25, 0.3) is 0 Å². The Bertz CT molecular complexity index is 650. The van der Waals surface area contributed by atoms with Crippen molar-refractivity contribution >= 4 is 23.3 Å². The van der Waals surface area contributed by atoms with Crippen LogP contribution in [-0.4, -0.2) is 26.4 Å². The second-order valence-electron chi connectivity index (χ2n) is 4.29. The van der Waals surface area contributed by atoms with E-state index in [0.717, 1.165) is 30.4 Å². The van der Waals surface area contributed by atoms with Crippen molar-refractivity contribution in [2.24, 2.45) is 0 Å². The van der Waals surface area contributed by atoms with Gasteiger partial charge in [0, 0.05) is 24.5 Å². The number of hydrogen-bond donors (Lipinski definition) is 1. The number of hydrogen-bond acceptors (Lipinski definition) is 7. The second kappa shape index (κ2) is 6.98. The van der Waals surface area contributed by atoms with Crippen LogP contribution in [0.4, 0.5) is 11.5 Å². The number of aromatic nitrogens is 3. The number of nitro groups is 1. The first-order valence-electron chi connectivity index (χ1n) is 6.47. The van der Waals surface area contributed by atoms with Gasteiger partial charge in [0.15, 0.2) is 10.2 Å². The topological polar surface area (TPSA) is 93.8 Å². The van der Waals surface area contributed by atoms with Crippen molar-refractivity contribution in [3.8, 4) is 0 Å². The van der Waals surface area contributed by atoms with Crippen LogP contribution in [0.5, 0.6) is 0 Å². The first-order valence-corrected chi connectivity index (χ1v) is 7.28. The lowest BCUT2D eigenvalue weighted by molar-refractivity contribution is -0.388. The SMILES string of the molecule is CCCNc1ccc([N+](=O)[O-])c(Sc2nccc(C)n2)n1. The minimum Gasteiger partial charge on any atom is -0.370 e. The van der Waals surface area contributed by atoms with E-state index >= 15 is 0 Å². The molecule has 0 atom stereocenters. The molecule has 21 heavy (non-hydrogen) atoms. The molecule has 0 unspecified atom stereocenters. The summed E-state index contributed by atoms with van der Waals surface area (Å²) in [7, 11) is 0. The first-order chi connectivity index (χ1) is 10.1. The van der Waals surface area contributed by atoms with Gasteiger partial charge in [-0.25, -0.2) is 15.0 Å². The van der Waals surface area contributed by atoms with Crippen molar-refractivity contribution in [1.82, 2.24) is 15.0 Å². The quantitative estimate of drug-likeness (QED) is 0.498. The molecule has 110 valence electrons. The summed E-state index contributed by atoms with van der Waals surface area (Å²) >= 11 is 1.09. The zero-order valence-electron chi connectivity index (χ0n) is 11.7. The van der Waals surface area contributed by atoms with Crippen LogP contribution in [0, 0.1) is 17.0 Å². The molecule has 0 saturated carbocycles. The summed E-state index contributed by atoms with van der Waals surface area (Å²) in [6, 6.07) is 4.82. The molecule has 0 aliphatic rings. The van der Waals surface area contributed by atoms with Crippen molar-refractivity contribution in [3.05, 3.63) is 40.2 Å². The number of anilines is 1. The Balaban J connectivity index is 2.31. The zero-order valence-corrected chi connectivity index (χ0v) is 12.6. The Morgan fingerprint density at radius 1 is 1.33 bits per heavy atom. The minimum atomic E-state index is -0.450. The Morgan fingerprint density at radius 3 is 2.81 bits per heavy atom. The van der Waals surface area contributed by atoms with Crippen molar-refractivity contribution in [2.45, 2.75) is 30.5 Å². The fourth-order valence-corrected chi connectivity index (χ4v) is 2.43. The molecule has 2 rings (SSSR count). The maximum absolute atomic E-state index is 11.1. The van der Waals surface area contributed by atoms with E-state index in [4.69, 9.17) is 0 Å². The fourth-order valence-electron chi connectivity index (χ4n) is 1.56. The van der Waals surface area contributed by atoms with E-state index in [-0.39, 0.29) is 10.7 Å². The predicted octanol–water partition coefficient (Wildman–Crippen LogP) is 3.06. The van der Waals surface area contributed by atoms with Crippen LogP contribution in [-0.2, 0) is 0 Å². The van der Waals surface area contributed by atoms with Gasteiger partial charge in [-0.1, -0.05) is 6.92 Å². The molecule has 2 aromatic heterocycles. The third-order valence-electron chi connectivity index (χ3n) is 2.55. The minimum absolute atomic E-state index is 0.0489. The summed E-state index contributed by atoms with van der Waals surface area (Å²) in [5.41, 5.74) is 0.752. The van der Waals surface area contributed by atoms with Crippen LogP contribution in [0.1, 0.15) is 19.0 Å². The van der Waals surface area contributed by atoms with Gasteiger partial charge in [-0.2, -0.15) is 0 Å². The molecule has 1 N–H and O–H groups in total.